The van der Waals surface area contributed by atoms with Crippen LogP contribution in [0.5, 0.6) is 5.75 Å². The zero-order valence-corrected chi connectivity index (χ0v) is 13.3. The van der Waals surface area contributed by atoms with Gasteiger partial charge in [0.05, 0.1) is 12.8 Å². The molecule has 0 amide bonds. The summed E-state index contributed by atoms with van der Waals surface area (Å²) in [5, 5.41) is 0. The van der Waals surface area contributed by atoms with Gasteiger partial charge in [-0.3, -0.25) is 0 Å². The number of likely N-dealkylation sites (tertiary alicyclic amines) is 1. The molecular weight excluding hydrogens is 262 g/mol. The van der Waals surface area contributed by atoms with Crippen molar-refractivity contribution < 1.29 is 6.16 Å². The van der Waals surface area contributed by atoms with E-state index in [0.29, 0.717) is 0 Å². The quantitative estimate of drug-likeness (QED) is 0.870. The largest absolute Gasteiger partial charge is 0.495 e. The lowest BCUT2D eigenvalue weighted by Gasteiger charge is -2.38. The van der Waals surface area contributed by atoms with Crippen molar-refractivity contribution in [1.29, 1.82) is 0 Å². The summed E-state index contributed by atoms with van der Waals surface area (Å²) in [6.07, 6.45) is 5.31. The van der Waals surface area contributed by atoms with Crippen molar-refractivity contribution in [2.75, 3.05) is 43.9 Å². The molecule has 2 saturated heterocycles. The predicted molar refractivity (Wildman–Crippen MR) is 90.3 cm³/mol. The standard InChI is InChI=1S/C17H27N3O.H2/c1-13-11-15(18)17(21-2)12-16(13)20-9-5-14(6-10-20)19-7-3-4-8-19;/h11-12,14H,3-10,18H2,1-2H3;1H. The minimum absolute atomic E-state index is 0. The van der Waals surface area contributed by atoms with Crippen LogP contribution in [-0.4, -0.2) is 44.2 Å². The molecule has 2 aliphatic heterocycles. The van der Waals surface area contributed by atoms with Crippen molar-refractivity contribution in [2.24, 2.45) is 0 Å². The number of anilines is 2. The number of rotatable bonds is 3. The number of aryl methyl sites for hydroxylation is 1. The first-order valence-electron chi connectivity index (χ1n) is 8.12. The normalized spacial score (nSPS) is 21.0. The van der Waals surface area contributed by atoms with Crippen LogP contribution in [0, 0.1) is 6.92 Å². The summed E-state index contributed by atoms with van der Waals surface area (Å²) in [6, 6.07) is 4.92. The molecule has 0 atom stereocenters. The first-order chi connectivity index (χ1) is 10.2. The third kappa shape index (κ3) is 2.95. The minimum Gasteiger partial charge on any atom is -0.495 e. The first kappa shape index (κ1) is 14.5. The highest BCUT2D eigenvalue weighted by Crippen LogP contribution is 2.33. The summed E-state index contributed by atoms with van der Waals surface area (Å²) in [6.45, 7) is 7.01. The molecule has 2 aliphatic rings. The second kappa shape index (κ2) is 6.14. The van der Waals surface area contributed by atoms with Crippen LogP contribution in [0.3, 0.4) is 0 Å². The third-order valence-electron chi connectivity index (χ3n) is 5.01. The molecule has 1 aromatic carbocycles. The number of piperidine rings is 1. The molecule has 0 aliphatic carbocycles. The number of benzene rings is 1. The van der Waals surface area contributed by atoms with E-state index >= 15 is 0 Å². The van der Waals surface area contributed by atoms with Crippen LogP contribution in [0.25, 0.3) is 0 Å². The van der Waals surface area contributed by atoms with Crippen molar-refractivity contribution in [3.8, 4) is 5.75 Å². The first-order valence-corrected chi connectivity index (χ1v) is 8.12. The van der Waals surface area contributed by atoms with Crippen LogP contribution in [0.2, 0.25) is 0 Å². The van der Waals surface area contributed by atoms with E-state index in [1.807, 2.05) is 6.07 Å². The molecule has 0 aromatic heterocycles. The molecule has 4 heteroatoms. The van der Waals surface area contributed by atoms with Gasteiger partial charge in [-0.15, -0.1) is 0 Å². The Morgan fingerprint density at radius 2 is 1.81 bits per heavy atom. The lowest BCUT2D eigenvalue weighted by molar-refractivity contribution is 0.208. The average molecular weight is 291 g/mol. The topological polar surface area (TPSA) is 41.7 Å². The summed E-state index contributed by atoms with van der Waals surface area (Å²) < 4.78 is 5.37. The van der Waals surface area contributed by atoms with E-state index in [1.165, 1.54) is 50.0 Å². The number of nitrogens with two attached hydrogens (primary N) is 1. The number of nitrogens with zero attached hydrogens (tertiary/aromatic N) is 2. The van der Waals surface area contributed by atoms with Gasteiger partial charge in [-0.25, -0.2) is 0 Å². The number of methoxy groups -OCH3 is 1. The summed E-state index contributed by atoms with van der Waals surface area (Å²) >= 11 is 0. The Labute approximate surface area is 129 Å². The molecule has 0 bridgehead atoms. The van der Waals surface area contributed by atoms with E-state index < -0.39 is 0 Å². The Bertz CT molecular complexity index is 495. The average Bonchev–Trinajstić information content (AvgIpc) is 3.02. The molecule has 118 valence electrons. The van der Waals surface area contributed by atoms with Gasteiger partial charge < -0.3 is 20.3 Å². The van der Waals surface area contributed by atoms with Gasteiger partial charge in [-0.2, -0.15) is 0 Å². The molecule has 0 radical (unpaired) electrons. The monoisotopic (exact) mass is 291 g/mol. The molecule has 2 fully saturated rings. The molecule has 4 nitrogen and oxygen atoms in total. The molecule has 1 aromatic rings. The number of nitrogen functional groups attached to an aromatic ring is 1. The fourth-order valence-electron chi connectivity index (χ4n) is 3.80. The molecule has 3 rings (SSSR count). The zero-order chi connectivity index (χ0) is 14.8. The summed E-state index contributed by atoms with van der Waals surface area (Å²) in [7, 11) is 1.68. The van der Waals surface area contributed by atoms with Gasteiger partial charge >= 0.3 is 0 Å². The number of ether oxygens (including phenoxy) is 1. The van der Waals surface area contributed by atoms with Crippen molar-refractivity contribution in [1.82, 2.24) is 4.90 Å². The number of hydrogen-bond donors (Lipinski definition) is 1. The van der Waals surface area contributed by atoms with Crippen LogP contribution in [0.1, 0.15) is 32.7 Å². The maximum atomic E-state index is 5.98. The third-order valence-corrected chi connectivity index (χ3v) is 5.01. The van der Waals surface area contributed by atoms with E-state index in [0.717, 1.165) is 30.6 Å². The Balaban J connectivity index is 0.00000176. The van der Waals surface area contributed by atoms with Crippen LogP contribution >= 0.6 is 0 Å². The van der Waals surface area contributed by atoms with E-state index in [4.69, 9.17) is 10.5 Å². The van der Waals surface area contributed by atoms with Gasteiger partial charge in [0, 0.05) is 32.3 Å². The summed E-state index contributed by atoms with van der Waals surface area (Å²) in [4.78, 5) is 5.18. The lowest BCUT2D eigenvalue weighted by atomic mass is 10.0. The molecule has 0 saturated carbocycles. The fourth-order valence-corrected chi connectivity index (χ4v) is 3.80. The second-order valence-corrected chi connectivity index (χ2v) is 6.34. The minimum atomic E-state index is 0. The Morgan fingerprint density at radius 1 is 1.14 bits per heavy atom. The van der Waals surface area contributed by atoms with Crippen molar-refractivity contribution in [3.05, 3.63) is 17.7 Å². The molecule has 2 heterocycles. The number of hydrogen-bond acceptors (Lipinski definition) is 4. The Kier molecular flexibility index (Phi) is 4.24. The Morgan fingerprint density at radius 3 is 2.43 bits per heavy atom. The fraction of sp³-hybridized carbons (Fsp3) is 0.647. The smallest absolute Gasteiger partial charge is 0.143 e. The van der Waals surface area contributed by atoms with Crippen molar-refractivity contribution in [2.45, 2.75) is 38.6 Å². The summed E-state index contributed by atoms with van der Waals surface area (Å²) in [5.74, 6) is 0.789. The van der Waals surface area contributed by atoms with Gasteiger partial charge in [-0.1, -0.05) is 0 Å². The van der Waals surface area contributed by atoms with E-state index in [-0.39, 0.29) is 1.43 Å². The van der Waals surface area contributed by atoms with Gasteiger partial charge in [0.2, 0.25) is 0 Å². The lowest BCUT2D eigenvalue weighted by Crippen LogP contribution is -2.44. The van der Waals surface area contributed by atoms with Gasteiger partial charge in [0.1, 0.15) is 5.75 Å². The highest BCUT2D eigenvalue weighted by Gasteiger charge is 2.27. The highest BCUT2D eigenvalue weighted by atomic mass is 16.5. The molecule has 0 unspecified atom stereocenters. The second-order valence-electron chi connectivity index (χ2n) is 6.34. The highest BCUT2D eigenvalue weighted by molar-refractivity contribution is 5.66. The van der Waals surface area contributed by atoms with Crippen LogP contribution in [0.15, 0.2) is 12.1 Å². The summed E-state index contributed by atoms with van der Waals surface area (Å²) in [5.41, 5.74) is 9.23. The van der Waals surface area contributed by atoms with Gasteiger partial charge in [-0.05, 0) is 57.3 Å². The van der Waals surface area contributed by atoms with E-state index in [2.05, 4.69) is 22.8 Å². The molecule has 2 N–H and O–H groups in total. The van der Waals surface area contributed by atoms with Crippen LogP contribution < -0.4 is 15.4 Å². The zero-order valence-electron chi connectivity index (χ0n) is 13.3. The van der Waals surface area contributed by atoms with E-state index in [9.17, 15) is 0 Å². The van der Waals surface area contributed by atoms with E-state index in [1.54, 1.807) is 7.11 Å². The van der Waals surface area contributed by atoms with Crippen LogP contribution in [0.4, 0.5) is 11.4 Å². The van der Waals surface area contributed by atoms with Crippen molar-refractivity contribution >= 4 is 11.4 Å². The van der Waals surface area contributed by atoms with Gasteiger partial charge in [0.15, 0.2) is 0 Å². The molecule has 0 spiro atoms. The molecular formula is C17H29N3O. The predicted octanol–water partition coefficient (Wildman–Crippen LogP) is 2.90. The van der Waals surface area contributed by atoms with Crippen molar-refractivity contribution in [3.63, 3.8) is 0 Å². The SMILES string of the molecule is COc1cc(N2CCC(N3CCCC3)CC2)c(C)cc1N.[HH]. The maximum absolute atomic E-state index is 5.98. The van der Waals surface area contributed by atoms with Crippen LogP contribution in [-0.2, 0) is 0 Å². The molecule has 21 heavy (non-hydrogen) atoms. The maximum Gasteiger partial charge on any atom is 0.143 e. The van der Waals surface area contributed by atoms with Gasteiger partial charge in [0.25, 0.3) is 0 Å². The Hall–Kier alpha value is -1.42.